The Morgan fingerprint density at radius 2 is 0.758 bits per heavy atom. The molecular formula is C56H107NO5. The zero-order chi connectivity index (χ0) is 45.1. The fraction of sp³-hybridized carbons (Fsp3) is 0.893. The van der Waals surface area contributed by atoms with Gasteiger partial charge in [-0.1, -0.05) is 231 Å². The van der Waals surface area contributed by atoms with Crippen LogP contribution in [0.1, 0.15) is 296 Å². The summed E-state index contributed by atoms with van der Waals surface area (Å²) in [6, 6.07) is -0.550. The van der Waals surface area contributed by atoms with E-state index in [1.165, 1.54) is 205 Å². The lowest BCUT2D eigenvalue weighted by atomic mass is 10.0. The Balaban J connectivity index is 3.44. The van der Waals surface area contributed by atoms with Crippen LogP contribution in [0.15, 0.2) is 24.3 Å². The molecule has 0 rings (SSSR count). The highest BCUT2D eigenvalue weighted by Crippen LogP contribution is 2.16. The second-order valence-electron chi connectivity index (χ2n) is 18.9. The molecule has 0 aromatic rings. The number of aliphatic hydroxyl groups excluding tert-OH is 2. The van der Waals surface area contributed by atoms with Crippen molar-refractivity contribution in [3.8, 4) is 0 Å². The number of nitrogens with one attached hydrogen (secondary N) is 1. The summed E-state index contributed by atoms with van der Waals surface area (Å²) in [6.45, 7) is 4.93. The van der Waals surface area contributed by atoms with Crippen molar-refractivity contribution in [2.75, 3.05) is 13.2 Å². The third-order valence-electron chi connectivity index (χ3n) is 12.7. The fourth-order valence-corrected chi connectivity index (χ4v) is 8.45. The van der Waals surface area contributed by atoms with E-state index in [0.717, 1.165) is 57.8 Å². The Kier molecular flexibility index (Phi) is 50.6. The fourth-order valence-electron chi connectivity index (χ4n) is 8.45. The van der Waals surface area contributed by atoms with Crippen molar-refractivity contribution in [2.24, 2.45) is 0 Å². The predicted molar refractivity (Wildman–Crippen MR) is 269 cm³/mol. The second-order valence-corrected chi connectivity index (χ2v) is 18.9. The summed E-state index contributed by atoms with van der Waals surface area (Å²) in [5.41, 5.74) is 0. The molecule has 62 heavy (non-hydrogen) atoms. The number of hydrogen-bond acceptors (Lipinski definition) is 5. The first-order valence-corrected chi connectivity index (χ1v) is 27.6. The number of carbonyl (C=O) groups excluding carboxylic acids is 2. The molecule has 366 valence electrons. The van der Waals surface area contributed by atoms with Gasteiger partial charge in [-0.2, -0.15) is 0 Å². The Morgan fingerprint density at radius 1 is 0.435 bits per heavy atom. The number of carbonyl (C=O) groups is 2. The molecule has 6 nitrogen and oxygen atoms in total. The van der Waals surface area contributed by atoms with Gasteiger partial charge in [-0.3, -0.25) is 9.59 Å². The lowest BCUT2D eigenvalue weighted by molar-refractivity contribution is -0.143. The minimum Gasteiger partial charge on any atom is -0.466 e. The van der Waals surface area contributed by atoms with Crippen molar-refractivity contribution < 1.29 is 24.5 Å². The number of ether oxygens (including phenoxy) is 1. The van der Waals surface area contributed by atoms with Crippen molar-refractivity contribution in [1.82, 2.24) is 5.32 Å². The van der Waals surface area contributed by atoms with E-state index >= 15 is 0 Å². The molecular weight excluding hydrogens is 767 g/mol. The molecule has 0 aliphatic heterocycles. The first-order chi connectivity index (χ1) is 30.5. The predicted octanol–water partition coefficient (Wildman–Crippen LogP) is 16.7. The van der Waals surface area contributed by atoms with Gasteiger partial charge in [-0.25, -0.2) is 0 Å². The molecule has 0 aliphatic carbocycles. The van der Waals surface area contributed by atoms with E-state index in [2.05, 4.69) is 43.5 Å². The van der Waals surface area contributed by atoms with Gasteiger partial charge in [0.15, 0.2) is 0 Å². The summed E-state index contributed by atoms with van der Waals surface area (Å²) in [7, 11) is 0. The van der Waals surface area contributed by atoms with E-state index < -0.39 is 12.1 Å². The molecule has 0 aromatic heterocycles. The van der Waals surface area contributed by atoms with Gasteiger partial charge in [0.2, 0.25) is 5.91 Å². The number of hydrogen-bond donors (Lipinski definition) is 3. The molecule has 0 spiro atoms. The maximum atomic E-state index is 12.4. The van der Waals surface area contributed by atoms with Crippen LogP contribution in [0.4, 0.5) is 0 Å². The molecule has 6 heteroatoms. The number of esters is 1. The van der Waals surface area contributed by atoms with Gasteiger partial charge < -0.3 is 20.3 Å². The first kappa shape index (κ1) is 60.3. The highest BCUT2D eigenvalue weighted by atomic mass is 16.5. The average molecular weight is 874 g/mol. The highest BCUT2D eigenvalue weighted by molar-refractivity contribution is 5.76. The molecule has 1 amide bonds. The standard InChI is InChI=1S/C56H107NO5/c1-3-5-7-9-11-13-15-17-22-26-30-34-38-42-46-50-56(61)62-51-47-43-39-35-31-27-24-21-19-18-20-23-25-29-33-37-41-45-49-55(60)57-53(52-58)54(59)48-44-40-36-32-28-16-14-12-10-8-6-4-2/h17,20,22-23,53-54,58-59H,3-16,18-19,21,24-52H2,1-2H3,(H,57,60)/b22-17-,23-20-. The molecule has 0 fully saturated rings. The van der Waals surface area contributed by atoms with Crippen LogP contribution in [0.25, 0.3) is 0 Å². The van der Waals surface area contributed by atoms with Crippen LogP contribution in [-0.2, 0) is 14.3 Å². The quantitative estimate of drug-likeness (QED) is 0.0321. The van der Waals surface area contributed by atoms with Crippen LogP contribution in [0, 0.1) is 0 Å². The Hall–Kier alpha value is -1.66. The summed E-state index contributed by atoms with van der Waals surface area (Å²) in [4.78, 5) is 24.5. The van der Waals surface area contributed by atoms with Gasteiger partial charge >= 0.3 is 5.97 Å². The van der Waals surface area contributed by atoms with Gasteiger partial charge in [0, 0.05) is 12.8 Å². The monoisotopic (exact) mass is 874 g/mol. The summed E-state index contributed by atoms with van der Waals surface area (Å²) >= 11 is 0. The molecule has 2 atom stereocenters. The third-order valence-corrected chi connectivity index (χ3v) is 12.7. The van der Waals surface area contributed by atoms with Crippen LogP contribution in [0.5, 0.6) is 0 Å². The zero-order valence-electron chi connectivity index (χ0n) is 41.6. The van der Waals surface area contributed by atoms with E-state index in [0.29, 0.717) is 25.9 Å². The Bertz CT molecular complexity index is 966. The van der Waals surface area contributed by atoms with Crippen LogP contribution >= 0.6 is 0 Å². The molecule has 0 radical (unpaired) electrons. The lowest BCUT2D eigenvalue weighted by Gasteiger charge is -2.22. The Labute approximate surface area is 386 Å². The number of rotatable bonds is 51. The highest BCUT2D eigenvalue weighted by Gasteiger charge is 2.20. The van der Waals surface area contributed by atoms with E-state index in [1.807, 2.05) is 0 Å². The summed E-state index contributed by atoms with van der Waals surface area (Å²) in [6.07, 6.45) is 61.6. The molecule has 3 N–H and O–H groups in total. The molecule has 0 heterocycles. The van der Waals surface area contributed by atoms with E-state index in [1.54, 1.807) is 0 Å². The van der Waals surface area contributed by atoms with E-state index in [9.17, 15) is 19.8 Å². The lowest BCUT2D eigenvalue weighted by Crippen LogP contribution is -2.45. The van der Waals surface area contributed by atoms with Crippen molar-refractivity contribution >= 4 is 11.9 Å². The number of amides is 1. The molecule has 2 unspecified atom stereocenters. The van der Waals surface area contributed by atoms with E-state index in [-0.39, 0.29) is 18.5 Å². The van der Waals surface area contributed by atoms with Crippen molar-refractivity contribution in [1.29, 1.82) is 0 Å². The average Bonchev–Trinajstić information content (AvgIpc) is 3.27. The van der Waals surface area contributed by atoms with Gasteiger partial charge in [0.05, 0.1) is 25.4 Å². The third kappa shape index (κ3) is 47.8. The van der Waals surface area contributed by atoms with E-state index in [4.69, 9.17) is 4.74 Å². The van der Waals surface area contributed by atoms with Crippen LogP contribution in [-0.4, -0.2) is 47.4 Å². The van der Waals surface area contributed by atoms with Gasteiger partial charge in [0.1, 0.15) is 0 Å². The van der Waals surface area contributed by atoms with Crippen LogP contribution in [0.3, 0.4) is 0 Å². The van der Waals surface area contributed by atoms with Crippen molar-refractivity contribution in [3.63, 3.8) is 0 Å². The molecule has 0 aliphatic rings. The molecule has 0 bridgehead atoms. The largest absolute Gasteiger partial charge is 0.466 e. The number of unbranched alkanes of at least 4 members (excludes halogenated alkanes) is 36. The van der Waals surface area contributed by atoms with Gasteiger partial charge in [-0.05, 0) is 77.0 Å². The maximum Gasteiger partial charge on any atom is 0.305 e. The van der Waals surface area contributed by atoms with Crippen molar-refractivity contribution in [3.05, 3.63) is 24.3 Å². The minimum atomic E-state index is -0.671. The normalized spacial score (nSPS) is 12.8. The van der Waals surface area contributed by atoms with Crippen LogP contribution in [0.2, 0.25) is 0 Å². The summed E-state index contributed by atoms with van der Waals surface area (Å²) < 4.78 is 5.47. The van der Waals surface area contributed by atoms with Gasteiger partial charge in [-0.15, -0.1) is 0 Å². The maximum absolute atomic E-state index is 12.4. The number of allylic oxidation sites excluding steroid dienone is 4. The second kappa shape index (κ2) is 52.0. The van der Waals surface area contributed by atoms with Crippen LogP contribution < -0.4 is 5.32 Å². The molecule has 0 aromatic carbocycles. The van der Waals surface area contributed by atoms with Gasteiger partial charge in [0.25, 0.3) is 0 Å². The Morgan fingerprint density at radius 3 is 1.15 bits per heavy atom. The minimum absolute atomic E-state index is 0.00505. The summed E-state index contributed by atoms with van der Waals surface area (Å²) in [5, 5.41) is 23.2. The molecule has 0 saturated heterocycles. The SMILES string of the molecule is CCCCCCCC/C=C\CCCCCCCC(=O)OCCCCCCCCCCC/C=C\CCCCCCCC(=O)NC(CO)C(O)CCCCCCCCCCCCCC. The smallest absolute Gasteiger partial charge is 0.305 e. The van der Waals surface area contributed by atoms with Crippen molar-refractivity contribution in [2.45, 2.75) is 309 Å². The first-order valence-electron chi connectivity index (χ1n) is 27.6. The topological polar surface area (TPSA) is 95.9 Å². The zero-order valence-corrected chi connectivity index (χ0v) is 41.6. The molecule has 0 saturated carbocycles. The summed E-state index contributed by atoms with van der Waals surface area (Å²) in [5.74, 6) is -0.0549. The number of aliphatic hydroxyl groups is 2.